The second kappa shape index (κ2) is 15.7. The topological polar surface area (TPSA) is 81.1 Å². The molecule has 6 nitrogen and oxygen atoms in total. The highest BCUT2D eigenvalue weighted by Gasteiger charge is 2.35. The highest BCUT2D eigenvalue weighted by Crippen LogP contribution is 2.38. The molecular formula is C36H30F8N2O4S. The molecule has 0 aromatic heterocycles. The molecule has 0 radical (unpaired) electrons. The number of rotatable bonds is 11. The fourth-order valence-electron chi connectivity index (χ4n) is 5.98. The number of hydrogen-bond acceptors (Lipinski definition) is 5. The largest absolute Gasteiger partial charge is 0.507 e. The van der Waals surface area contributed by atoms with Crippen LogP contribution < -0.4 is 4.90 Å². The Hall–Kier alpha value is -4.63. The number of anilines is 1. The van der Waals surface area contributed by atoms with Gasteiger partial charge in [0.05, 0.1) is 18.7 Å². The molecule has 0 unspecified atom stereocenters. The number of amides is 1. The summed E-state index contributed by atoms with van der Waals surface area (Å²) in [5, 5.41) is 19.8. The second-order valence-corrected chi connectivity index (χ2v) is 13.1. The van der Waals surface area contributed by atoms with Gasteiger partial charge < -0.3 is 15.1 Å². The number of aromatic carboxylic acids is 1. The van der Waals surface area contributed by atoms with Crippen molar-refractivity contribution in [3.8, 4) is 5.75 Å². The summed E-state index contributed by atoms with van der Waals surface area (Å²) >= 11 is -0.138. The van der Waals surface area contributed by atoms with Crippen LogP contribution in [-0.4, -0.2) is 32.9 Å². The monoisotopic (exact) mass is 738 g/mol. The summed E-state index contributed by atoms with van der Waals surface area (Å²) in [5.41, 5.74) is -0.516. The Balaban J connectivity index is 1.53. The van der Waals surface area contributed by atoms with Gasteiger partial charge in [0.25, 0.3) is 0 Å². The molecule has 1 fully saturated rings. The summed E-state index contributed by atoms with van der Waals surface area (Å²) in [6.45, 7) is -2.01. The molecule has 1 aliphatic rings. The zero-order chi connectivity index (χ0) is 37.0. The molecule has 5 rings (SSSR count). The van der Waals surface area contributed by atoms with Crippen molar-refractivity contribution in [3.63, 3.8) is 0 Å². The summed E-state index contributed by atoms with van der Waals surface area (Å²) in [5.74, 6) is -14.3. The lowest BCUT2D eigenvalue weighted by atomic mass is 9.84. The quantitative estimate of drug-likeness (QED) is 0.0691. The number of carbonyl (C=O) groups excluding carboxylic acids is 1. The van der Waals surface area contributed by atoms with Crippen LogP contribution in [0.5, 0.6) is 5.75 Å². The Morgan fingerprint density at radius 1 is 0.784 bits per heavy atom. The summed E-state index contributed by atoms with van der Waals surface area (Å²) in [6, 6.07) is 14.6. The Bertz CT molecular complexity index is 1890. The van der Waals surface area contributed by atoms with E-state index in [4.69, 9.17) is 0 Å². The molecule has 270 valence electrons. The summed E-state index contributed by atoms with van der Waals surface area (Å²) in [4.78, 5) is 25.2. The van der Waals surface area contributed by atoms with Crippen LogP contribution in [0.3, 0.4) is 0 Å². The van der Waals surface area contributed by atoms with E-state index in [0.29, 0.717) is 11.5 Å². The van der Waals surface area contributed by atoms with Crippen molar-refractivity contribution in [1.82, 2.24) is 4.31 Å². The van der Waals surface area contributed by atoms with E-state index in [-0.39, 0.29) is 24.2 Å². The molecular weight excluding hydrogens is 708 g/mol. The van der Waals surface area contributed by atoms with Gasteiger partial charge in [-0.2, -0.15) is 13.2 Å². The van der Waals surface area contributed by atoms with Crippen LogP contribution in [0.1, 0.15) is 70.6 Å². The number of aromatic hydroxyl groups is 1. The molecule has 2 N–H and O–H groups in total. The van der Waals surface area contributed by atoms with E-state index in [2.05, 4.69) is 0 Å². The molecule has 0 aliphatic heterocycles. The Kier molecular flexibility index (Phi) is 11.6. The summed E-state index contributed by atoms with van der Waals surface area (Å²) in [7, 11) is 0. The highest BCUT2D eigenvalue weighted by molar-refractivity contribution is 7.97. The van der Waals surface area contributed by atoms with E-state index in [1.807, 2.05) is 12.1 Å². The Morgan fingerprint density at radius 3 is 1.98 bits per heavy atom. The molecule has 0 bridgehead atoms. The lowest BCUT2D eigenvalue weighted by Gasteiger charge is -2.28. The van der Waals surface area contributed by atoms with E-state index in [1.54, 1.807) is 12.1 Å². The molecule has 4 aromatic carbocycles. The predicted molar refractivity (Wildman–Crippen MR) is 172 cm³/mol. The number of nitrogens with zero attached hydrogens (tertiary/aromatic N) is 2. The van der Waals surface area contributed by atoms with Crippen LogP contribution in [0.2, 0.25) is 0 Å². The molecule has 1 aliphatic carbocycles. The lowest BCUT2D eigenvalue weighted by molar-refractivity contribution is -0.138. The molecule has 0 atom stereocenters. The fraction of sp³-hybridized carbons (Fsp3) is 0.278. The third kappa shape index (κ3) is 8.64. The highest BCUT2D eigenvalue weighted by atomic mass is 32.2. The number of benzene rings is 4. The van der Waals surface area contributed by atoms with Gasteiger partial charge >= 0.3 is 12.1 Å². The van der Waals surface area contributed by atoms with Crippen LogP contribution in [0, 0.1) is 29.1 Å². The lowest BCUT2D eigenvalue weighted by Crippen LogP contribution is -2.38. The van der Waals surface area contributed by atoms with Crippen molar-refractivity contribution in [1.29, 1.82) is 0 Å². The SMILES string of the molecule is O=C(O)c1ccc(N(Cc2ccc(C3CCCCC3)cc2)C(=O)CN(Cc2ccccc2C(F)(F)F)Sc2c(F)c(F)c(F)c(F)c2F)cc1O. The van der Waals surface area contributed by atoms with Crippen LogP contribution in [-0.2, 0) is 24.1 Å². The van der Waals surface area contributed by atoms with Gasteiger partial charge in [0.15, 0.2) is 23.3 Å². The minimum Gasteiger partial charge on any atom is -0.507 e. The van der Waals surface area contributed by atoms with E-state index < -0.39 is 87.6 Å². The van der Waals surface area contributed by atoms with Crippen LogP contribution in [0.25, 0.3) is 0 Å². The average molecular weight is 739 g/mol. The predicted octanol–water partition coefficient (Wildman–Crippen LogP) is 9.60. The average Bonchev–Trinajstić information content (AvgIpc) is 3.10. The third-order valence-corrected chi connectivity index (χ3v) is 9.65. The molecule has 15 heteroatoms. The van der Waals surface area contributed by atoms with E-state index in [0.717, 1.165) is 77.2 Å². The van der Waals surface area contributed by atoms with Crippen molar-refractivity contribution < 1.29 is 54.9 Å². The first-order chi connectivity index (χ1) is 24.1. The molecule has 4 aromatic rings. The molecule has 0 saturated heterocycles. The van der Waals surface area contributed by atoms with Gasteiger partial charge in [-0.3, -0.25) is 4.79 Å². The maximum atomic E-state index is 14.8. The van der Waals surface area contributed by atoms with Crippen molar-refractivity contribution in [2.45, 2.75) is 62.2 Å². The number of phenols is 1. The minimum atomic E-state index is -4.90. The number of carbonyl (C=O) groups is 2. The molecule has 1 amide bonds. The number of alkyl halides is 3. The molecule has 0 spiro atoms. The van der Waals surface area contributed by atoms with Gasteiger partial charge in [0, 0.05) is 18.3 Å². The number of carboxylic acid groups (broad SMARTS) is 1. The number of hydrogen-bond donors (Lipinski definition) is 2. The van der Waals surface area contributed by atoms with Crippen LogP contribution in [0.4, 0.5) is 40.8 Å². The zero-order valence-electron chi connectivity index (χ0n) is 26.6. The van der Waals surface area contributed by atoms with Gasteiger partial charge in [-0.15, -0.1) is 0 Å². The van der Waals surface area contributed by atoms with Crippen molar-refractivity contribution in [2.75, 3.05) is 11.4 Å². The van der Waals surface area contributed by atoms with Gasteiger partial charge in [-0.05, 0) is 65.6 Å². The normalized spacial score (nSPS) is 13.8. The molecule has 51 heavy (non-hydrogen) atoms. The second-order valence-electron chi connectivity index (χ2n) is 12.0. The summed E-state index contributed by atoms with van der Waals surface area (Å²) < 4.78 is 114. The van der Waals surface area contributed by atoms with Crippen molar-refractivity contribution in [3.05, 3.63) is 124 Å². The van der Waals surface area contributed by atoms with Crippen molar-refractivity contribution >= 4 is 29.5 Å². The number of halogens is 8. The summed E-state index contributed by atoms with van der Waals surface area (Å²) in [6.07, 6.45) is 0.483. The Morgan fingerprint density at radius 2 is 1.39 bits per heavy atom. The van der Waals surface area contributed by atoms with E-state index in [9.17, 15) is 54.9 Å². The first kappa shape index (κ1) is 37.6. The molecule has 1 saturated carbocycles. The van der Waals surface area contributed by atoms with Crippen LogP contribution in [0.15, 0.2) is 71.6 Å². The fourth-order valence-corrected chi connectivity index (χ4v) is 6.96. The molecule has 0 heterocycles. The van der Waals surface area contributed by atoms with E-state index >= 15 is 0 Å². The maximum absolute atomic E-state index is 14.8. The van der Waals surface area contributed by atoms with Crippen LogP contribution >= 0.6 is 11.9 Å². The standard InChI is InChI=1S/C36H30F8N2O4S/c37-29-30(38)32(40)34(33(41)31(29)39)51-45(18-23-8-4-5-9-26(23)36(42,43)44)19-28(48)46(24-14-15-25(35(49)50)27(47)16-24)17-20-10-12-22(13-11-20)21-6-2-1-3-7-21/h4-5,8-16,21,47H,1-3,6-7,17-19H2,(H,49,50). The van der Waals surface area contributed by atoms with Gasteiger partial charge in [0.1, 0.15) is 16.2 Å². The first-order valence-corrected chi connectivity index (χ1v) is 16.5. The maximum Gasteiger partial charge on any atom is 0.416 e. The number of carboxylic acids is 1. The first-order valence-electron chi connectivity index (χ1n) is 15.7. The smallest absolute Gasteiger partial charge is 0.416 e. The van der Waals surface area contributed by atoms with Gasteiger partial charge in [0.2, 0.25) is 11.7 Å². The van der Waals surface area contributed by atoms with Crippen molar-refractivity contribution in [2.24, 2.45) is 0 Å². The van der Waals surface area contributed by atoms with E-state index in [1.165, 1.54) is 12.1 Å². The minimum absolute atomic E-state index is 0.0456. The Labute approximate surface area is 291 Å². The zero-order valence-corrected chi connectivity index (χ0v) is 27.4. The third-order valence-electron chi connectivity index (χ3n) is 8.59. The van der Waals surface area contributed by atoms with Gasteiger partial charge in [-0.25, -0.2) is 31.1 Å². The van der Waals surface area contributed by atoms with Gasteiger partial charge in [-0.1, -0.05) is 61.7 Å².